The third kappa shape index (κ3) is 3.33. The van der Waals surface area contributed by atoms with Crippen LogP contribution in [0.25, 0.3) is 5.70 Å². The van der Waals surface area contributed by atoms with E-state index >= 15 is 0 Å². The lowest BCUT2D eigenvalue weighted by Gasteiger charge is -2.11. The van der Waals surface area contributed by atoms with E-state index in [9.17, 15) is 9.18 Å². The van der Waals surface area contributed by atoms with Gasteiger partial charge < -0.3 is 0 Å². The van der Waals surface area contributed by atoms with Crippen molar-refractivity contribution in [1.29, 1.82) is 0 Å². The third-order valence-corrected chi connectivity index (χ3v) is 2.83. The number of amides is 1. The highest BCUT2D eigenvalue weighted by atomic mass is 35.5. The number of hydrazine groups is 1. The number of hydrogen-bond donors (Lipinski definition) is 2. The van der Waals surface area contributed by atoms with Crippen molar-refractivity contribution >= 4 is 23.2 Å². The summed E-state index contributed by atoms with van der Waals surface area (Å²) in [7, 11) is 0. The van der Waals surface area contributed by atoms with Crippen LogP contribution in [0.1, 0.15) is 15.9 Å². The van der Waals surface area contributed by atoms with Gasteiger partial charge in [0.2, 0.25) is 0 Å². The molecule has 0 aliphatic carbocycles. The molecule has 1 aromatic carbocycles. The van der Waals surface area contributed by atoms with Crippen LogP contribution in [0.3, 0.4) is 0 Å². The molecule has 102 valence electrons. The fourth-order valence-electron chi connectivity index (χ4n) is 1.46. The van der Waals surface area contributed by atoms with Crippen molar-refractivity contribution in [2.24, 2.45) is 0 Å². The first kappa shape index (κ1) is 14.0. The number of nitrogens with zero attached hydrogens (tertiary/aromatic N) is 1. The molecule has 0 fully saturated rings. The highest BCUT2D eigenvalue weighted by Gasteiger charge is 2.07. The Hall–Kier alpha value is -2.40. The molecule has 6 heteroatoms. The molecule has 2 N–H and O–H groups in total. The summed E-state index contributed by atoms with van der Waals surface area (Å²) in [6.07, 6.45) is 3.03. The van der Waals surface area contributed by atoms with Crippen LogP contribution in [0.5, 0.6) is 0 Å². The van der Waals surface area contributed by atoms with Gasteiger partial charge in [0.1, 0.15) is 5.82 Å². The molecule has 2 rings (SSSR count). The smallest absolute Gasteiger partial charge is 0.269 e. The number of benzene rings is 1. The maximum atomic E-state index is 13.0. The Morgan fingerprint density at radius 3 is 2.50 bits per heavy atom. The summed E-state index contributed by atoms with van der Waals surface area (Å²) in [6.45, 7) is 3.74. The standard InChI is InChI=1S/C14H11ClFN3O/c1-9(11-2-3-13(16)12(15)8-11)18-19-14(20)10-4-6-17-7-5-10/h2-8,18H,1H2,(H,19,20). The van der Waals surface area contributed by atoms with E-state index < -0.39 is 5.82 Å². The zero-order valence-corrected chi connectivity index (χ0v) is 11.1. The molecule has 4 nitrogen and oxygen atoms in total. The minimum absolute atomic E-state index is 0.00842. The van der Waals surface area contributed by atoms with Crippen molar-refractivity contribution < 1.29 is 9.18 Å². The van der Waals surface area contributed by atoms with Gasteiger partial charge in [-0.15, -0.1) is 0 Å². The quantitative estimate of drug-likeness (QED) is 0.852. The first-order valence-corrected chi connectivity index (χ1v) is 6.06. The average Bonchev–Trinajstić information content (AvgIpc) is 2.48. The monoisotopic (exact) mass is 291 g/mol. The highest BCUT2D eigenvalue weighted by molar-refractivity contribution is 6.30. The largest absolute Gasteiger partial charge is 0.298 e. The fourth-order valence-corrected chi connectivity index (χ4v) is 1.64. The molecule has 0 saturated carbocycles. The van der Waals surface area contributed by atoms with Crippen LogP contribution >= 0.6 is 11.6 Å². The third-order valence-electron chi connectivity index (χ3n) is 2.54. The zero-order chi connectivity index (χ0) is 14.5. The van der Waals surface area contributed by atoms with Crippen LogP contribution in [0, 0.1) is 5.82 Å². The minimum atomic E-state index is -0.510. The molecule has 0 unspecified atom stereocenters. The fraction of sp³-hybridized carbons (Fsp3) is 0. The molecule has 1 aromatic heterocycles. The van der Waals surface area contributed by atoms with E-state index in [0.29, 0.717) is 16.8 Å². The number of carbonyl (C=O) groups excluding carboxylic acids is 1. The molecule has 0 aliphatic rings. The molecule has 0 radical (unpaired) electrons. The molecule has 1 heterocycles. The zero-order valence-electron chi connectivity index (χ0n) is 10.4. The Morgan fingerprint density at radius 1 is 1.15 bits per heavy atom. The van der Waals surface area contributed by atoms with Gasteiger partial charge in [0.05, 0.1) is 10.7 Å². The summed E-state index contributed by atoms with van der Waals surface area (Å²) >= 11 is 5.68. The van der Waals surface area contributed by atoms with E-state index in [0.717, 1.165) is 0 Å². The van der Waals surface area contributed by atoms with Gasteiger partial charge in [-0.1, -0.05) is 18.2 Å². The first-order valence-electron chi connectivity index (χ1n) is 5.68. The van der Waals surface area contributed by atoms with E-state index in [1.54, 1.807) is 12.1 Å². The Labute approximate surface area is 120 Å². The molecular weight excluding hydrogens is 281 g/mol. The molecule has 1 amide bonds. The number of halogens is 2. The van der Waals surface area contributed by atoms with Crippen LogP contribution in [-0.4, -0.2) is 10.9 Å². The molecular formula is C14H11ClFN3O. The summed E-state index contributed by atoms with van der Waals surface area (Å²) in [6, 6.07) is 7.32. The lowest BCUT2D eigenvalue weighted by atomic mass is 10.2. The molecule has 0 bridgehead atoms. The van der Waals surface area contributed by atoms with Gasteiger partial charge in [-0.2, -0.15) is 0 Å². The van der Waals surface area contributed by atoms with E-state index in [-0.39, 0.29) is 10.9 Å². The highest BCUT2D eigenvalue weighted by Crippen LogP contribution is 2.19. The van der Waals surface area contributed by atoms with Crippen molar-refractivity contribution in [3.63, 3.8) is 0 Å². The molecule has 20 heavy (non-hydrogen) atoms. The second-order valence-corrected chi connectivity index (χ2v) is 4.33. The normalized spacial score (nSPS) is 9.90. The van der Waals surface area contributed by atoms with Gasteiger partial charge in [0, 0.05) is 23.5 Å². The van der Waals surface area contributed by atoms with Crippen molar-refractivity contribution in [2.75, 3.05) is 0 Å². The number of aromatic nitrogens is 1. The summed E-state index contributed by atoms with van der Waals surface area (Å²) in [4.78, 5) is 15.6. The molecule has 2 aromatic rings. The minimum Gasteiger partial charge on any atom is -0.298 e. The number of rotatable bonds is 4. The Kier molecular flexibility index (Phi) is 4.32. The van der Waals surface area contributed by atoms with Gasteiger partial charge in [0.25, 0.3) is 5.91 Å². The number of carbonyl (C=O) groups is 1. The Bertz CT molecular complexity index is 646. The lowest BCUT2D eigenvalue weighted by molar-refractivity contribution is 0.0942. The van der Waals surface area contributed by atoms with E-state index in [2.05, 4.69) is 22.4 Å². The topological polar surface area (TPSA) is 54.0 Å². The van der Waals surface area contributed by atoms with Crippen LogP contribution in [0.4, 0.5) is 4.39 Å². The summed E-state index contributed by atoms with van der Waals surface area (Å²) in [5, 5.41) is -0.00842. The van der Waals surface area contributed by atoms with Crippen LogP contribution in [-0.2, 0) is 0 Å². The van der Waals surface area contributed by atoms with Gasteiger partial charge >= 0.3 is 0 Å². The molecule has 0 atom stereocenters. The van der Waals surface area contributed by atoms with E-state index in [4.69, 9.17) is 11.6 Å². The summed E-state index contributed by atoms with van der Waals surface area (Å²) in [5.74, 6) is -0.842. The predicted octanol–water partition coefficient (Wildman–Crippen LogP) is 2.78. The Morgan fingerprint density at radius 2 is 1.85 bits per heavy atom. The lowest BCUT2D eigenvalue weighted by Crippen LogP contribution is -2.35. The van der Waals surface area contributed by atoms with Crippen LogP contribution < -0.4 is 10.9 Å². The SMILES string of the molecule is C=C(NNC(=O)c1ccncc1)c1ccc(F)c(Cl)c1. The molecule has 0 spiro atoms. The molecule has 0 aliphatic heterocycles. The van der Waals surface area contributed by atoms with Gasteiger partial charge in [0.15, 0.2) is 0 Å². The Balaban J connectivity index is 1.98. The van der Waals surface area contributed by atoms with E-state index in [1.807, 2.05) is 0 Å². The van der Waals surface area contributed by atoms with E-state index in [1.165, 1.54) is 30.6 Å². The van der Waals surface area contributed by atoms with Crippen LogP contribution in [0.15, 0.2) is 49.3 Å². The van der Waals surface area contributed by atoms with Gasteiger partial charge in [-0.3, -0.25) is 20.6 Å². The summed E-state index contributed by atoms with van der Waals surface area (Å²) in [5.41, 5.74) is 6.56. The van der Waals surface area contributed by atoms with Crippen molar-refractivity contribution in [3.05, 3.63) is 71.3 Å². The summed E-state index contributed by atoms with van der Waals surface area (Å²) < 4.78 is 13.0. The van der Waals surface area contributed by atoms with Crippen LogP contribution in [0.2, 0.25) is 5.02 Å². The van der Waals surface area contributed by atoms with Crippen molar-refractivity contribution in [3.8, 4) is 0 Å². The predicted molar refractivity (Wildman–Crippen MR) is 75.3 cm³/mol. The van der Waals surface area contributed by atoms with Crippen molar-refractivity contribution in [1.82, 2.24) is 15.8 Å². The number of pyridine rings is 1. The maximum Gasteiger partial charge on any atom is 0.269 e. The van der Waals surface area contributed by atoms with Crippen molar-refractivity contribution in [2.45, 2.75) is 0 Å². The number of nitrogens with one attached hydrogen (secondary N) is 2. The average molecular weight is 292 g/mol. The second kappa shape index (κ2) is 6.16. The van der Waals surface area contributed by atoms with Gasteiger partial charge in [-0.05, 0) is 30.3 Å². The maximum absolute atomic E-state index is 13.0. The van der Waals surface area contributed by atoms with Gasteiger partial charge in [-0.25, -0.2) is 4.39 Å². The first-order chi connectivity index (χ1) is 9.58. The number of hydrogen-bond acceptors (Lipinski definition) is 3. The molecule has 0 saturated heterocycles. The second-order valence-electron chi connectivity index (χ2n) is 3.92.